The van der Waals surface area contributed by atoms with Gasteiger partial charge in [-0.1, -0.05) is 60.7 Å². The predicted molar refractivity (Wildman–Crippen MR) is 109 cm³/mol. The Morgan fingerprint density at radius 2 is 1.73 bits per heavy atom. The molecule has 0 spiro atoms. The van der Waals surface area contributed by atoms with Gasteiger partial charge in [0.25, 0.3) is 0 Å². The second-order valence-corrected chi connectivity index (χ2v) is 6.98. The molecule has 1 aliphatic heterocycles. The summed E-state index contributed by atoms with van der Waals surface area (Å²) in [6.07, 6.45) is 7.44. The van der Waals surface area contributed by atoms with Crippen LogP contribution < -0.4 is 0 Å². The Morgan fingerprint density at radius 3 is 2.50 bits per heavy atom. The van der Waals surface area contributed by atoms with Crippen LogP contribution in [0.1, 0.15) is 23.1 Å². The highest BCUT2D eigenvalue weighted by molar-refractivity contribution is 5.67. The number of benzene rings is 2. The molecule has 1 aliphatic rings. The lowest BCUT2D eigenvalue weighted by Crippen LogP contribution is -2.28. The first-order valence-corrected chi connectivity index (χ1v) is 9.26. The van der Waals surface area contributed by atoms with Gasteiger partial charge in [0, 0.05) is 37.6 Å². The zero-order valence-corrected chi connectivity index (χ0v) is 15.2. The van der Waals surface area contributed by atoms with E-state index in [0.717, 1.165) is 26.1 Å². The fraction of sp³-hybridized carbons (Fsp3) is 0.208. The van der Waals surface area contributed by atoms with Gasteiger partial charge in [0.05, 0.1) is 0 Å². The Kier molecular flexibility index (Phi) is 4.94. The van der Waals surface area contributed by atoms with E-state index in [1.54, 1.807) is 0 Å². The molecule has 0 unspecified atom stereocenters. The van der Waals surface area contributed by atoms with Crippen LogP contribution in [0, 0.1) is 6.92 Å². The van der Waals surface area contributed by atoms with E-state index in [0.29, 0.717) is 0 Å². The number of aryl methyl sites for hydroxylation is 1. The van der Waals surface area contributed by atoms with Crippen LogP contribution in [0.15, 0.2) is 79.1 Å². The maximum absolute atomic E-state index is 4.49. The number of hydrogen-bond acceptors (Lipinski definition) is 2. The Balaban J connectivity index is 1.47. The number of aromatic nitrogens is 1. The van der Waals surface area contributed by atoms with Gasteiger partial charge >= 0.3 is 0 Å². The molecule has 0 aliphatic carbocycles. The Hall–Kier alpha value is -2.71. The molecule has 0 atom stereocenters. The first kappa shape index (κ1) is 16.7. The average molecular weight is 340 g/mol. The largest absolute Gasteiger partial charge is 0.295 e. The van der Waals surface area contributed by atoms with Crippen molar-refractivity contribution in [1.29, 1.82) is 0 Å². The lowest BCUT2D eigenvalue weighted by Gasteiger charge is -2.26. The van der Waals surface area contributed by atoms with Crippen molar-refractivity contribution >= 4 is 5.57 Å². The van der Waals surface area contributed by atoms with E-state index < -0.39 is 0 Å². The zero-order chi connectivity index (χ0) is 17.8. The molecule has 0 saturated carbocycles. The van der Waals surface area contributed by atoms with Gasteiger partial charge in [0.2, 0.25) is 0 Å². The molecule has 0 bridgehead atoms. The summed E-state index contributed by atoms with van der Waals surface area (Å²) in [6.45, 7) is 5.20. The molecular formula is C24H24N2. The predicted octanol–water partition coefficient (Wildman–Crippen LogP) is 5.35. The molecular weight excluding hydrogens is 316 g/mol. The molecule has 26 heavy (non-hydrogen) atoms. The lowest BCUT2D eigenvalue weighted by molar-refractivity contribution is 0.293. The highest BCUT2D eigenvalue weighted by atomic mass is 15.1. The zero-order valence-electron chi connectivity index (χ0n) is 15.2. The molecule has 0 N–H and O–H groups in total. The average Bonchev–Trinajstić information content (AvgIpc) is 2.70. The molecule has 0 fully saturated rings. The first-order chi connectivity index (χ1) is 12.8. The second-order valence-electron chi connectivity index (χ2n) is 6.98. The fourth-order valence-corrected chi connectivity index (χ4v) is 3.65. The normalized spacial score (nSPS) is 14.9. The summed E-state index contributed by atoms with van der Waals surface area (Å²) >= 11 is 0. The molecule has 3 aromatic rings. The summed E-state index contributed by atoms with van der Waals surface area (Å²) in [5.41, 5.74) is 7.87. The van der Waals surface area contributed by atoms with Gasteiger partial charge < -0.3 is 0 Å². The molecule has 2 aromatic carbocycles. The van der Waals surface area contributed by atoms with Gasteiger partial charge in [-0.2, -0.15) is 0 Å². The monoisotopic (exact) mass is 340 g/mol. The van der Waals surface area contributed by atoms with Gasteiger partial charge in [-0.3, -0.25) is 9.88 Å². The van der Waals surface area contributed by atoms with E-state index >= 15 is 0 Å². The van der Waals surface area contributed by atoms with Crippen LogP contribution in [0.2, 0.25) is 0 Å². The topological polar surface area (TPSA) is 16.1 Å². The van der Waals surface area contributed by atoms with E-state index in [9.17, 15) is 0 Å². The van der Waals surface area contributed by atoms with Crippen molar-refractivity contribution in [3.05, 3.63) is 95.8 Å². The van der Waals surface area contributed by atoms with Gasteiger partial charge in [0.1, 0.15) is 0 Å². The maximum Gasteiger partial charge on any atom is 0.0346 e. The SMILES string of the molecule is Cc1ccccc1-c1cncc(CN2CC=C(c3ccccc3)CC2)c1. The van der Waals surface area contributed by atoms with Crippen molar-refractivity contribution in [2.75, 3.05) is 13.1 Å². The maximum atomic E-state index is 4.49. The van der Waals surface area contributed by atoms with Crippen LogP contribution >= 0.6 is 0 Å². The summed E-state index contributed by atoms with van der Waals surface area (Å²) in [4.78, 5) is 6.98. The van der Waals surface area contributed by atoms with E-state index in [2.05, 4.69) is 83.5 Å². The van der Waals surface area contributed by atoms with Gasteiger partial charge in [0.15, 0.2) is 0 Å². The molecule has 130 valence electrons. The smallest absolute Gasteiger partial charge is 0.0346 e. The minimum absolute atomic E-state index is 0.950. The minimum Gasteiger partial charge on any atom is -0.295 e. The van der Waals surface area contributed by atoms with Crippen LogP contribution in [0.5, 0.6) is 0 Å². The minimum atomic E-state index is 0.950. The fourth-order valence-electron chi connectivity index (χ4n) is 3.65. The van der Waals surface area contributed by atoms with E-state index in [1.807, 2.05) is 12.4 Å². The van der Waals surface area contributed by atoms with Crippen molar-refractivity contribution < 1.29 is 0 Å². The third-order valence-electron chi connectivity index (χ3n) is 5.09. The summed E-state index contributed by atoms with van der Waals surface area (Å²) in [6, 6.07) is 21.5. The van der Waals surface area contributed by atoms with E-state index in [1.165, 1.54) is 33.4 Å². The van der Waals surface area contributed by atoms with Crippen LogP contribution in [0.3, 0.4) is 0 Å². The van der Waals surface area contributed by atoms with Crippen LogP contribution in [0.4, 0.5) is 0 Å². The number of rotatable bonds is 4. The van der Waals surface area contributed by atoms with Gasteiger partial charge in [-0.15, -0.1) is 0 Å². The van der Waals surface area contributed by atoms with Crippen molar-refractivity contribution in [3.8, 4) is 11.1 Å². The van der Waals surface area contributed by atoms with E-state index in [-0.39, 0.29) is 0 Å². The number of pyridine rings is 1. The molecule has 0 amide bonds. The Bertz CT molecular complexity index is 912. The standard InChI is InChI=1S/C24H24N2/c1-19-7-5-6-10-24(19)23-15-20(16-25-17-23)18-26-13-11-22(12-14-26)21-8-3-2-4-9-21/h2-11,15-17H,12-14,18H2,1H3. The molecule has 2 nitrogen and oxygen atoms in total. The highest BCUT2D eigenvalue weighted by Gasteiger charge is 2.13. The molecule has 0 radical (unpaired) electrons. The van der Waals surface area contributed by atoms with Crippen molar-refractivity contribution in [1.82, 2.24) is 9.88 Å². The summed E-state index contributed by atoms with van der Waals surface area (Å²) in [7, 11) is 0. The summed E-state index contributed by atoms with van der Waals surface area (Å²) < 4.78 is 0. The van der Waals surface area contributed by atoms with Crippen molar-refractivity contribution in [2.24, 2.45) is 0 Å². The van der Waals surface area contributed by atoms with Gasteiger partial charge in [-0.05, 0) is 47.2 Å². The van der Waals surface area contributed by atoms with Crippen molar-refractivity contribution in [2.45, 2.75) is 19.9 Å². The third-order valence-corrected chi connectivity index (χ3v) is 5.09. The molecule has 2 heteroatoms. The van der Waals surface area contributed by atoms with Gasteiger partial charge in [-0.25, -0.2) is 0 Å². The quantitative estimate of drug-likeness (QED) is 0.637. The highest BCUT2D eigenvalue weighted by Crippen LogP contribution is 2.25. The van der Waals surface area contributed by atoms with Crippen molar-refractivity contribution in [3.63, 3.8) is 0 Å². The number of hydrogen-bond donors (Lipinski definition) is 0. The summed E-state index contributed by atoms with van der Waals surface area (Å²) in [5.74, 6) is 0. The lowest BCUT2D eigenvalue weighted by atomic mass is 9.99. The summed E-state index contributed by atoms with van der Waals surface area (Å²) in [5, 5.41) is 0. The molecule has 0 saturated heterocycles. The molecule has 4 rings (SSSR count). The molecule has 1 aromatic heterocycles. The number of nitrogens with zero attached hydrogens (tertiary/aromatic N) is 2. The van der Waals surface area contributed by atoms with Crippen LogP contribution in [0.25, 0.3) is 16.7 Å². The van der Waals surface area contributed by atoms with E-state index in [4.69, 9.17) is 0 Å². The Labute approximate surface area is 155 Å². The Morgan fingerprint density at radius 1 is 0.923 bits per heavy atom. The third kappa shape index (κ3) is 3.76. The van der Waals surface area contributed by atoms with Crippen LogP contribution in [-0.2, 0) is 6.54 Å². The van der Waals surface area contributed by atoms with Crippen LogP contribution in [-0.4, -0.2) is 23.0 Å². The first-order valence-electron chi connectivity index (χ1n) is 9.26. The molecule has 2 heterocycles. The second kappa shape index (κ2) is 7.67.